The van der Waals surface area contributed by atoms with Crippen LogP contribution in [0.1, 0.15) is 89.2 Å². The lowest BCUT2D eigenvalue weighted by Gasteiger charge is -2.29. The van der Waals surface area contributed by atoms with Gasteiger partial charge < -0.3 is 14.6 Å². The Morgan fingerprint density at radius 2 is 1.54 bits per heavy atom. The topological polar surface area (TPSA) is 55.8 Å². The number of hydrogen-bond donors (Lipinski definition) is 1. The van der Waals surface area contributed by atoms with Gasteiger partial charge in [-0.05, 0) is 36.1 Å². The van der Waals surface area contributed by atoms with Gasteiger partial charge in [0.2, 0.25) is 0 Å². The fourth-order valence-electron chi connectivity index (χ4n) is 4.61. The van der Waals surface area contributed by atoms with E-state index in [0.29, 0.717) is 30.4 Å². The summed E-state index contributed by atoms with van der Waals surface area (Å²) in [6, 6.07) is 15.6. The van der Waals surface area contributed by atoms with Crippen LogP contribution >= 0.6 is 0 Å². The van der Waals surface area contributed by atoms with Gasteiger partial charge in [-0.25, -0.2) is 0 Å². The highest BCUT2D eigenvalue weighted by molar-refractivity contribution is 5.88. The molecule has 1 unspecified atom stereocenters. The van der Waals surface area contributed by atoms with Crippen LogP contribution in [0.15, 0.2) is 72.8 Å². The maximum atomic E-state index is 12.6. The van der Waals surface area contributed by atoms with Crippen molar-refractivity contribution in [3.63, 3.8) is 0 Å². The summed E-state index contributed by atoms with van der Waals surface area (Å²) in [5.74, 6) is 1.14. The maximum Gasteiger partial charge on any atom is 0.322 e. The van der Waals surface area contributed by atoms with Crippen molar-refractivity contribution in [1.29, 1.82) is 0 Å². The van der Waals surface area contributed by atoms with Crippen LogP contribution in [0.2, 0.25) is 0 Å². The first-order valence-electron chi connectivity index (χ1n) is 14.1. The molecule has 4 heteroatoms. The van der Waals surface area contributed by atoms with Crippen LogP contribution in [0, 0.1) is 5.92 Å². The summed E-state index contributed by atoms with van der Waals surface area (Å²) in [6.45, 7) is 7.88. The van der Waals surface area contributed by atoms with Crippen molar-refractivity contribution in [3.8, 4) is 11.5 Å². The van der Waals surface area contributed by atoms with Crippen LogP contribution in [0.4, 0.5) is 0 Å². The molecule has 1 atom stereocenters. The molecule has 0 heterocycles. The van der Waals surface area contributed by atoms with Crippen molar-refractivity contribution < 1.29 is 19.4 Å². The highest BCUT2D eigenvalue weighted by atomic mass is 16.5. The Bertz CT molecular complexity index is 1010. The van der Waals surface area contributed by atoms with Crippen molar-refractivity contribution in [3.05, 3.63) is 84.0 Å². The number of benzene rings is 2. The van der Waals surface area contributed by atoms with Crippen molar-refractivity contribution in [2.75, 3.05) is 13.2 Å². The summed E-state index contributed by atoms with van der Waals surface area (Å²) in [5, 5.41) is 10.3. The minimum atomic E-state index is -1.24. The molecule has 0 spiro atoms. The molecule has 1 aliphatic carbocycles. The fraction of sp³-hybridized carbons (Fsp3) is 0.485. The number of unbranched alkanes of at least 4 members (excludes halogenated alkanes) is 6. The second kappa shape index (κ2) is 14.7. The number of carbonyl (C=O) groups is 1. The van der Waals surface area contributed by atoms with Gasteiger partial charge in [0, 0.05) is 11.5 Å². The summed E-state index contributed by atoms with van der Waals surface area (Å²) < 4.78 is 12.0. The summed E-state index contributed by atoms with van der Waals surface area (Å²) >= 11 is 0. The molecule has 1 aliphatic rings. The number of hydrogen-bond acceptors (Lipinski definition) is 3. The van der Waals surface area contributed by atoms with E-state index in [1.165, 1.54) is 32.1 Å². The molecule has 2 aromatic carbocycles. The molecule has 0 amide bonds. The number of ether oxygens (including phenoxy) is 2. The molecule has 3 rings (SSSR count). The summed E-state index contributed by atoms with van der Waals surface area (Å²) in [4.78, 5) is 12.6. The average Bonchev–Trinajstić information content (AvgIpc) is 2.93. The maximum absolute atomic E-state index is 12.6. The van der Waals surface area contributed by atoms with Gasteiger partial charge in [0.05, 0.1) is 13.2 Å². The van der Waals surface area contributed by atoms with Crippen molar-refractivity contribution >= 4 is 5.97 Å². The van der Waals surface area contributed by atoms with E-state index in [9.17, 15) is 9.90 Å². The Balaban J connectivity index is 1.65. The zero-order valence-electron chi connectivity index (χ0n) is 22.8. The van der Waals surface area contributed by atoms with Gasteiger partial charge in [0.15, 0.2) is 0 Å². The molecule has 1 N–H and O–H groups in total. The van der Waals surface area contributed by atoms with Crippen LogP contribution in [0.3, 0.4) is 0 Å². The number of rotatable bonds is 16. The monoisotopic (exact) mass is 504 g/mol. The largest absolute Gasteiger partial charge is 0.493 e. The predicted molar refractivity (Wildman–Crippen MR) is 152 cm³/mol. The highest BCUT2D eigenvalue weighted by Gasteiger charge is 2.39. The molecule has 0 saturated carbocycles. The van der Waals surface area contributed by atoms with Crippen LogP contribution in [0.5, 0.6) is 11.5 Å². The first-order chi connectivity index (χ1) is 18.0. The lowest BCUT2D eigenvalue weighted by Crippen LogP contribution is -2.33. The standard InChI is InChI=1S/C33H44O4/c1-4-6-7-8-9-10-13-24-36-31-15-12-11-14-30(31)33(32(34)35)22-20-28(21-23-33)27-16-18-29(19-17-27)37-25-26(3)5-2/h11-12,14-23,26,28H,4-10,13,24-25H2,1-3H3,(H,34,35). The molecule has 0 aromatic heterocycles. The zero-order chi connectivity index (χ0) is 26.5. The third kappa shape index (κ3) is 7.99. The normalized spacial score (nSPS) is 19.5. The minimum absolute atomic E-state index is 0.0110. The Morgan fingerprint density at radius 1 is 0.892 bits per heavy atom. The van der Waals surface area contributed by atoms with Gasteiger partial charge >= 0.3 is 5.97 Å². The SMILES string of the molecule is CCCCCCCCCOc1ccccc1C1(C(=O)O)C=CC(c2ccc(OCC(C)CC)cc2)C=C1. The number of carboxylic acids is 1. The minimum Gasteiger partial charge on any atom is -0.493 e. The number of para-hydroxylation sites is 1. The van der Waals surface area contributed by atoms with E-state index < -0.39 is 11.4 Å². The Labute approximate surface area is 223 Å². The number of allylic oxidation sites excluding steroid dienone is 2. The lowest BCUT2D eigenvalue weighted by molar-refractivity contribution is -0.140. The van der Waals surface area contributed by atoms with E-state index in [-0.39, 0.29) is 5.92 Å². The molecule has 200 valence electrons. The van der Waals surface area contributed by atoms with Crippen LogP contribution in [0.25, 0.3) is 0 Å². The molecule has 0 radical (unpaired) electrons. The van der Waals surface area contributed by atoms with Crippen molar-refractivity contribution in [1.82, 2.24) is 0 Å². The van der Waals surface area contributed by atoms with Gasteiger partial charge in [-0.1, -0.05) is 120 Å². The fourth-order valence-corrected chi connectivity index (χ4v) is 4.61. The first kappa shape index (κ1) is 28.6. The summed E-state index contributed by atoms with van der Waals surface area (Å²) in [5.41, 5.74) is 0.531. The number of aliphatic carboxylic acids is 1. The molecule has 2 aromatic rings. The Kier molecular flexibility index (Phi) is 11.3. The third-order valence-electron chi connectivity index (χ3n) is 7.32. The van der Waals surface area contributed by atoms with Crippen molar-refractivity contribution in [2.45, 2.75) is 83.5 Å². The van der Waals surface area contributed by atoms with Crippen LogP contribution < -0.4 is 9.47 Å². The Hall–Kier alpha value is -3.01. The van der Waals surface area contributed by atoms with E-state index in [2.05, 4.69) is 32.9 Å². The second-order valence-electron chi connectivity index (χ2n) is 10.3. The van der Waals surface area contributed by atoms with Gasteiger partial charge in [-0.3, -0.25) is 4.79 Å². The second-order valence-corrected chi connectivity index (χ2v) is 10.3. The molecule has 0 aliphatic heterocycles. The Morgan fingerprint density at radius 3 is 2.19 bits per heavy atom. The predicted octanol–water partition coefficient (Wildman–Crippen LogP) is 8.47. The van der Waals surface area contributed by atoms with Crippen molar-refractivity contribution in [2.24, 2.45) is 5.92 Å². The van der Waals surface area contributed by atoms with E-state index >= 15 is 0 Å². The molecule has 4 nitrogen and oxygen atoms in total. The quantitative estimate of drug-likeness (QED) is 0.184. The van der Waals surface area contributed by atoms with E-state index in [1.807, 2.05) is 60.7 Å². The average molecular weight is 505 g/mol. The lowest BCUT2D eigenvalue weighted by atomic mass is 9.74. The molecular formula is C33H44O4. The number of carboxylic acid groups (broad SMARTS) is 1. The van der Waals surface area contributed by atoms with Gasteiger partial charge in [0.25, 0.3) is 0 Å². The molecule has 0 fully saturated rings. The smallest absolute Gasteiger partial charge is 0.322 e. The van der Waals surface area contributed by atoms with Gasteiger partial charge in [0.1, 0.15) is 16.9 Å². The van der Waals surface area contributed by atoms with E-state index in [0.717, 1.165) is 30.6 Å². The first-order valence-corrected chi connectivity index (χ1v) is 14.1. The van der Waals surface area contributed by atoms with E-state index in [1.54, 1.807) is 0 Å². The molecule has 37 heavy (non-hydrogen) atoms. The summed E-state index contributed by atoms with van der Waals surface area (Å²) in [6.07, 6.45) is 17.2. The molecule has 0 bridgehead atoms. The molecule has 0 saturated heterocycles. The zero-order valence-corrected chi connectivity index (χ0v) is 22.8. The van der Waals surface area contributed by atoms with Crippen LogP contribution in [-0.4, -0.2) is 24.3 Å². The van der Waals surface area contributed by atoms with Crippen LogP contribution in [-0.2, 0) is 10.2 Å². The summed E-state index contributed by atoms with van der Waals surface area (Å²) in [7, 11) is 0. The van der Waals surface area contributed by atoms with Gasteiger partial charge in [-0.15, -0.1) is 0 Å². The third-order valence-corrected chi connectivity index (χ3v) is 7.32. The molecular weight excluding hydrogens is 460 g/mol. The van der Waals surface area contributed by atoms with Gasteiger partial charge in [-0.2, -0.15) is 0 Å². The highest BCUT2D eigenvalue weighted by Crippen LogP contribution is 2.40. The van der Waals surface area contributed by atoms with E-state index in [4.69, 9.17) is 9.47 Å².